The highest BCUT2D eigenvalue weighted by atomic mass is 35.5. The summed E-state index contributed by atoms with van der Waals surface area (Å²) in [5.74, 6) is 0.328. The Morgan fingerprint density at radius 2 is 0.971 bits per heavy atom. The van der Waals surface area contributed by atoms with Crippen LogP contribution in [0.5, 0.6) is 0 Å². The Hall–Kier alpha value is -2.62. The highest BCUT2D eigenvalue weighted by molar-refractivity contribution is 5.85. The summed E-state index contributed by atoms with van der Waals surface area (Å²) in [6, 6.07) is 44.4. The summed E-state index contributed by atoms with van der Waals surface area (Å²) in [6.45, 7) is 5.21. The zero-order valence-corrected chi connectivity index (χ0v) is 21.6. The number of rotatable bonds is 7. The summed E-state index contributed by atoms with van der Waals surface area (Å²) in [4.78, 5) is 5.35. The molecule has 1 atom stereocenters. The molecule has 1 heterocycles. The molecule has 4 aromatic carbocycles. The maximum absolute atomic E-state index is 2.71. The van der Waals surface area contributed by atoms with Crippen LogP contribution in [0.2, 0.25) is 0 Å². The molecule has 0 spiro atoms. The van der Waals surface area contributed by atoms with Crippen LogP contribution in [-0.2, 0) is 13.1 Å². The maximum atomic E-state index is 2.71. The van der Waals surface area contributed by atoms with Crippen LogP contribution in [0, 0.1) is 0 Å². The van der Waals surface area contributed by atoms with Crippen molar-refractivity contribution in [2.24, 2.45) is 0 Å². The van der Waals surface area contributed by atoms with Gasteiger partial charge in [-0.05, 0) is 22.3 Å². The normalized spacial score (nSPS) is 16.3. The highest BCUT2D eigenvalue weighted by Crippen LogP contribution is 2.34. The molecule has 1 fully saturated rings. The fourth-order valence-electron chi connectivity index (χ4n) is 5.18. The predicted octanol–water partition coefficient (Wildman–Crippen LogP) is 7.05. The van der Waals surface area contributed by atoms with Gasteiger partial charge in [0.05, 0.1) is 0 Å². The number of hydrogen-bond donors (Lipinski definition) is 0. The van der Waals surface area contributed by atoms with Gasteiger partial charge in [-0.1, -0.05) is 121 Å². The van der Waals surface area contributed by atoms with Crippen molar-refractivity contribution in [2.45, 2.75) is 25.0 Å². The molecule has 0 radical (unpaired) electrons. The van der Waals surface area contributed by atoms with E-state index in [9.17, 15) is 0 Å². The van der Waals surface area contributed by atoms with E-state index >= 15 is 0 Å². The zero-order valence-electron chi connectivity index (χ0n) is 19.9. The molecule has 2 nitrogen and oxygen atoms in total. The molecular weight excluding hydrogens is 471 g/mol. The van der Waals surface area contributed by atoms with Crippen LogP contribution in [0.1, 0.15) is 28.2 Å². The number of piperazine rings is 1. The van der Waals surface area contributed by atoms with Crippen molar-refractivity contribution >= 4 is 24.8 Å². The van der Waals surface area contributed by atoms with Crippen molar-refractivity contribution in [3.8, 4) is 0 Å². The average Bonchev–Trinajstić information content (AvgIpc) is 2.88. The molecule has 0 N–H and O–H groups in total. The lowest BCUT2D eigenvalue weighted by Gasteiger charge is -2.45. The Balaban J connectivity index is 0.00000171. The van der Waals surface area contributed by atoms with Crippen molar-refractivity contribution in [1.82, 2.24) is 9.80 Å². The van der Waals surface area contributed by atoms with Crippen LogP contribution in [0.3, 0.4) is 0 Å². The van der Waals surface area contributed by atoms with Crippen LogP contribution < -0.4 is 0 Å². The summed E-state index contributed by atoms with van der Waals surface area (Å²) in [7, 11) is 0. The molecular formula is C31H34Cl2N2. The fourth-order valence-corrected chi connectivity index (χ4v) is 5.18. The van der Waals surface area contributed by atoms with Crippen LogP contribution in [0.4, 0.5) is 0 Å². The molecule has 0 bridgehead atoms. The second kappa shape index (κ2) is 13.5. The first-order chi connectivity index (χ1) is 16.4. The van der Waals surface area contributed by atoms with Crippen LogP contribution in [0.25, 0.3) is 0 Å². The van der Waals surface area contributed by atoms with E-state index in [1.165, 1.54) is 22.3 Å². The lowest BCUT2D eigenvalue weighted by Crippen LogP contribution is -2.54. The first-order valence-corrected chi connectivity index (χ1v) is 12.0. The van der Waals surface area contributed by atoms with E-state index in [2.05, 4.69) is 131 Å². The molecule has 4 aromatic rings. The van der Waals surface area contributed by atoms with Gasteiger partial charge in [-0.3, -0.25) is 9.80 Å². The molecule has 4 heteroatoms. The number of nitrogens with zero attached hydrogens (tertiary/aromatic N) is 2. The molecule has 5 rings (SSSR count). The largest absolute Gasteiger partial charge is 0.296 e. The monoisotopic (exact) mass is 504 g/mol. The molecule has 1 unspecified atom stereocenters. The predicted molar refractivity (Wildman–Crippen MR) is 152 cm³/mol. The van der Waals surface area contributed by atoms with E-state index < -0.39 is 0 Å². The van der Waals surface area contributed by atoms with Crippen LogP contribution in [0.15, 0.2) is 121 Å². The van der Waals surface area contributed by atoms with Gasteiger partial charge in [-0.2, -0.15) is 0 Å². The van der Waals surface area contributed by atoms with Crippen molar-refractivity contribution in [2.75, 3.05) is 19.6 Å². The van der Waals surface area contributed by atoms with Gasteiger partial charge in [0.2, 0.25) is 0 Å². The van der Waals surface area contributed by atoms with E-state index in [0.717, 1.165) is 32.7 Å². The molecule has 0 aromatic heterocycles. The van der Waals surface area contributed by atoms with Crippen LogP contribution >= 0.6 is 24.8 Å². The van der Waals surface area contributed by atoms with Gasteiger partial charge in [-0.15, -0.1) is 24.8 Å². The van der Waals surface area contributed by atoms with E-state index in [1.807, 2.05) is 0 Å². The molecule has 1 aliphatic rings. The van der Waals surface area contributed by atoms with Crippen molar-refractivity contribution < 1.29 is 0 Å². The maximum Gasteiger partial charge on any atom is 0.0336 e. The third-order valence-electron chi connectivity index (χ3n) is 6.80. The van der Waals surface area contributed by atoms with E-state index in [1.54, 1.807) is 0 Å². The zero-order chi connectivity index (χ0) is 22.3. The topological polar surface area (TPSA) is 6.48 Å². The molecule has 0 aliphatic carbocycles. The van der Waals surface area contributed by atoms with Crippen molar-refractivity contribution in [3.63, 3.8) is 0 Å². The lowest BCUT2D eigenvalue weighted by atomic mass is 9.83. The minimum Gasteiger partial charge on any atom is -0.296 e. The van der Waals surface area contributed by atoms with E-state index in [0.29, 0.717) is 12.0 Å². The smallest absolute Gasteiger partial charge is 0.0336 e. The summed E-state index contributed by atoms with van der Waals surface area (Å²) in [5, 5.41) is 0. The Labute approximate surface area is 222 Å². The Morgan fingerprint density at radius 3 is 1.46 bits per heavy atom. The molecule has 0 saturated carbocycles. The number of benzene rings is 4. The summed E-state index contributed by atoms with van der Waals surface area (Å²) in [6.07, 6.45) is 0. The Kier molecular flexibility index (Phi) is 10.4. The van der Waals surface area contributed by atoms with Gasteiger partial charge in [0.15, 0.2) is 0 Å². The van der Waals surface area contributed by atoms with Gasteiger partial charge in [0, 0.05) is 44.7 Å². The van der Waals surface area contributed by atoms with E-state index in [4.69, 9.17) is 0 Å². The summed E-state index contributed by atoms with van der Waals surface area (Å²) in [5.41, 5.74) is 5.57. The quantitative estimate of drug-likeness (QED) is 0.266. The molecule has 1 saturated heterocycles. The third kappa shape index (κ3) is 6.96. The number of hydrogen-bond acceptors (Lipinski definition) is 2. The molecule has 182 valence electrons. The second-order valence-electron chi connectivity index (χ2n) is 9.04. The van der Waals surface area contributed by atoms with Gasteiger partial charge in [0.1, 0.15) is 0 Å². The van der Waals surface area contributed by atoms with Gasteiger partial charge < -0.3 is 0 Å². The molecule has 1 aliphatic heterocycles. The first-order valence-electron chi connectivity index (χ1n) is 12.0. The molecule has 35 heavy (non-hydrogen) atoms. The van der Waals surface area contributed by atoms with Gasteiger partial charge in [-0.25, -0.2) is 0 Å². The van der Waals surface area contributed by atoms with E-state index in [-0.39, 0.29) is 24.8 Å². The average molecular weight is 506 g/mol. The lowest BCUT2D eigenvalue weighted by molar-refractivity contribution is 0.0555. The first kappa shape index (κ1) is 27.0. The minimum atomic E-state index is 0. The standard InChI is InChI=1S/C31H32N2.2ClH/c1-5-13-26(14-6-1)23-32-21-22-33(24-27-15-7-2-8-16-27)30(25-32)31(28-17-9-3-10-18-28)29-19-11-4-12-20-29;;/h1-20,30-31H,21-25H2;2*1H. The SMILES string of the molecule is Cl.Cl.c1ccc(CN2CCN(Cc3ccccc3)C(C(c3ccccc3)c3ccccc3)C2)cc1. The van der Waals surface area contributed by atoms with Crippen molar-refractivity contribution in [1.29, 1.82) is 0 Å². The van der Waals surface area contributed by atoms with Crippen molar-refractivity contribution in [3.05, 3.63) is 144 Å². The van der Waals surface area contributed by atoms with Gasteiger partial charge >= 0.3 is 0 Å². The third-order valence-corrected chi connectivity index (χ3v) is 6.80. The Morgan fingerprint density at radius 1 is 0.543 bits per heavy atom. The second-order valence-corrected chi connectivity index (χ2v) is 9.04. The highest BCUT2D eigenvalue weighted by Gasteiger charge is 2.34. The minimum absolute atomic E-state index is 0. The fraction of sp³-hybridized carbons (Fsp3) is 0.226. The van der Waals surface area contributed by atoms with Crippen LogP contribution in [-0.4, -0.2) is 35.5 Å². The van der Waals surface area contributed by atoms with Gasteiger partial charge in [0.25, 0.3) is 0 Å². The number of halogens is 2. The molecule has 0 amide bonds. The summed E-state index contributed by atoms with van der Waals surface area (Å²) < 4.78 is 0. The Bertz CT molecular complexity index is 1070. The summed E-state index contributed by atoms with van der Waals surface area (Å²) >= 11 is 0.